The van der Waals surface area contributed by atoms with Crippen LogP contribution in [0.4, 0.5) is 0 Å². The van der Waals surface area contributed by atoms with Crippen molar-refractivity contribution in [1.82, 2.24) is 5.32 Å². The smallest absolute Gasteiger partial charge is 0.252 e. The van der Waals surface area contributed by atoms with Crippen LogP contribution in [0.2, 0.25) is 0 Å². The number of carbonyl (C=O) groups excluding carboxylic acids is 1. The molecule has 1 aromatic carbocycles. The number of hydrogen-bond acceptors (Lipinski definition) is 1. The van der Waals surface area contributed by atoms with E-state index in [1.54, 1.807) is 0 Å². The average molecular weight is 324 g/mol. The quantitative estimate of drug-likeness (QED) is 0.874. The first kappa shape index (κ1) is 14.6. The Hall–Kier alpha value is -0.830. The van der Waals surface area contributed by atoms with Crippen molar-refractivity contribution in [2.45, 2.75) is 39.0 Å². The summed E-state index contributed by atoms with van der Waals surface area (Å²) in [5.74, 6) is 1.72. The molecule has 1 fully saturated rings. The van der Waals surface area contributed by atoms with Crippen molar-refractivity contribution in [3.63, 3.8) is 0 Å². The van der Waals surface area contributed by atoms with E-state index in [1.165, 1.54) is 25.7 Å². The lowest BCUT2D eigenvalue weighted by molar-refractivity contribution is 0.0949. The van der Waals surface area contributed by atoms with Gasteiger partial charge in [0.1, 0.15) is 0 Å². The summed E-state index contributed by atoms with van der Waals surface area (Å²) >= 11 is 3.41. The maximum Gasteiger partial charge on any atom is 0.252 e. The molecule has 1 N–H and O–H groups in total. The summed E-state index contributed by atoms with van der Waals surface area (Å²) in [5, 5.41) is 3.03. The van der Waals surface area contributed by atoms with Gasteiger partial charge in [-0.1, -0.05) is 44.7 Å². The summed E-state index contributed by atoms with van der Waals surface area (Å²) in [6.45, 7) is 3.13. The Morgan fingerprint density at radius 1 is 1.26 bits per heavy atom. The Morgan fingerprint density at radius 3 is 2.63 bits per heavy atom. The number of benzene rings is 1. The van der Waals surface area contributed by atoms with Crippen molar-refractivity contribution >= 4 is 21.8 Å². The van der Waals surface area contributed by atoms with Gasteiger partial charge in [0.25, 0.3) is 5.91 Å². The largest absolute Gasteiger partial charge is 0.352 e. The zero-order valence-electron chi connectivity index (χ0n) is 11.5. The van der Waals surface area contributed by atoms with Crippen molar-refractivity contribution in [1.29, 1.82) is 0 Å². The maximum atomic E-state index is 12.0. The molecule has 2 nitrogen and oxygen atoms in total. The number of nitrogens with one attached hydrogen (secondary N) is 1. The summed E-state index contributed by atoms with van der Waals surface area (Å²) < 4.78 is 0.860. The van der Waals surface area contributed by atoms with E-state index in [9.17, 15) is 4.79 Å². The molecule has 1 aliphatic carbocycles. The highest BCUT2D eigenvalue weighted by molar-refractivity contribution is 9.10. The zero-order chi connectivity index (χ0) is 13.7. The molecule has 0 radical (unpaired) electrons. The van der Waals surface area contributed by atoms with Crippen LogP contribution in [0.1, 0.15) is 49.4 Å². The van der Waals surface area contributed by atoms with Crippen LogP contribution in [-0.4, -0.2) is 12.5 Å². The highest BCUT2D eigenvalue weighted by Crippen LogP contribution is 2.29. The van der Waals surface area contributed by atoms with E-state index < -0.39 is 0 Å². The first-order chi connectivity index (χ1) is 9.16. The zero-order valence-corrected chi connectivity index (χ0v) is 13.1. The Balaban J connectivity index is 1.74. The van der Waals surface area contributed by atoms with Crippen LogP contribution in [-0.2, 0) is 0 Å². The first-order valence-electron chi connectivity index (χ1n) is 7.19. The summed E-state index contributed by atoms with van der Waals surface area (Å²) in [6, 6.07) is 7.56. The standard InChI is InChI=1S/C16H22BrNO/c1-12-6-8-13(9-7-12)10-11-18-16(19)14-4-2-3-5-15(14)17/h2-5,12-13H,6-11H2,1H3,(H,18,19). The first-order valence-corrected chi connectivity index (χ1v) is 7.99. The van der Waals surface area contributed by atoms with Crippen LogP contribution in [0, 0.1) is 11.8 Å². The van der Waals surface area contributed by atoms with Gasteiger partial charge >= 0.3 is 0 Å². The minimum atomic E-state index is 0.0247. The van der Waals surface area contributed by atoms with E-state index in [1.807, 2.05) is 24.3 Å². The van der Waals surface area contributed by atoms with Crippen molar-refractivity contribution in [3.05, 3.63) is 34.3 Å². The molecular weight excluding hydrogens is 302 g/mol. The predicted molar refractivity (Wildman–Crippen MR) is 82.2 cm³/mol. The van der Waals surface area contributed by atoms with Crippen molar-refractivity contribution in [2.24, 2.45) is 11.8 Å². The second kappa shape index (κ2) is 7.09. The fraction of sp³-hybridized carbons (Fsp3) is 0.562. The summed E-state index contributed by atoms with van der Waals surface area (Å²) in [5.41, 5.74) is 0.722. The van der Waals surface area contributed by atoms with Gasteiger partial charge in [-0.2, -0.15) is 0 Å². The third kappa shape index (κ3) is 4.34. The molecule has 2 rings (SSSR count). The normalized spacial score (nSPS) is 23.1. The van der Waals surface area contributed by atoms with Crippen LogP contribution in [0.3, 0.4) is 0 Å². The number of rotatable bonds is 4. The van der Waals surface area contributed by atoms with E-state index >= 15 is 0 Å². The molecule has 104 valence electrons. The van der Waals surface area contributed by atoms with E-state index in [0.29, 0.717) is 0 Å². The minimum Gasteiger partial charge on any atom is -0.352 e. The summed E-state index contributed by atoms with van der Waals surface area (Å²) in [7, 11) is 0. The summed E-state index contributed by atoms with van der Waals surface area (Å²) in [4.78, 5) is 12.0. The van der Waals surface area contributed by atoms with Crippen molar-refractivity contribution < 1.29 is 4.79 Å². The van der Waals surface area contributed by atoms with Crippen LogP contribution >= 0.6 is 15.9 Å². The van der Waals surface area contributed by atoms with E-state index in [4.69, 9.17) is 0 Å². The Bertz CT molecular complexity index is 425. The molecule has 0 atom stereocenters. The van der Waals surface area contributed by atoms with Gasteiger partial charge in [0, 0.05) is 11.0 Å². The highest BCUT2D eigenvalue weighted by atomic mass is 79.9. The molecule has 1 amide bonds. The van der Waals surface area contributed by atoms with Gasteiger partial charge in [0.2, 0.25) is 0 Å². The molecule has 0 bridgehead atoms. The number of hydrogen-bond donors (Lipinski definition) is 1. The van der Waals surface area contributed by atoms with Gasteiger partial charge in [-0.05, 0) is 46.3 Å². The molecule has 1 aliphatic rings. The topological polar surface area (TPSA) is 29.1 Å². The number of halogens is 1. The monoisotopic (exact) mass is 323 g/mol. The Morgan fingerprint density at radius 2 is 1.95 bits per heavy atom. The minimum absolute atomic E-state index is 0.0247. The van der Waals surface area contributed by atoms with Gasteiger partial charge in [-0.25, -0.2) is 0 Å². The van der Waals surface area contributed by atoms with Gasteiger partial charge in [-0.15, -0.1) is 0 Å². The molecule has 0 aliphatic heterocycles. The molecule has 19 heavy (non-hydrogen) atoms. The van der Waals surface area contributed by atoms with Crippen LogP contribution in [0.5, 0.6) is 0 Å². The van der Waals surface area contributed by atoms with Gasteiger partial charge in [-0.3, -0.25) is 4.79 Å². The molecule has 1 saturated carbocycles. The van der Waals surface area contributed by atoms with Crippen molar-refractivity contribution in [2.75, 3.05) is 6.54 Å². The maximum absolute atomic E-state index is 12.0. The summed E-state index contributed by atoms with van der Waals surface area (Å²) in [6.07, 6.45) is 6.47. The van der Waals surface area contributed by atoms with Crippen molar-refractivity contribution in [3.8, 4) is 0 Å². The molecular formula is C16H22BrNO. The number of amides is 1. The van der Waals surface area contributed by atoms with Gasteiger partial charge in [0.15, 0.2) is 0 Å². The number of carbonyl (C=O) groups is 1. The van der Waals surface area contributed by atoms with Crippen LogP contribution < -0.4 is 5.32 Å². The van der Waals surface area contributed by atoms with E-state index in [2.05, 4.69) is 28.2 Å². The third-order valence-corrected chi connectivity index (χ3v) is 4.78. The highest BCUT2D eigenvalue weighted by Gasteiger charge is 2.18. The Labute approximate surface area is 124 Å². The molecule has 0 unspecified atom stereocenters. The third-order valence-electron chi connectivity index (χ3n) is 4.09. The fourth-order valence-corrected chi connectivity index (χ4v) is 3.21. The second-order valence-corrected chi connectivity index (χ2v) is 6.50. The second-order valence-electron chi connectivity index (χ2n) is 5.65. The van der Waals surface area contributed by atoms with Gasteiger partial charge in [0.05, 0.1) is 5.56 Å². The lowest BCUT2D eigenvalue weighted by atomic mass is 9.81. The molecule has 3 heteroatoms. The Kier molecular flexibility index (Phi) is 5.44. The average Bonchev–Trinajstić information content (AvgIpc) is 2.41. The molecule has 1 aromatic rings. The molecule has 0 aromatic heterocycles. The van der Waals surface area contributed by atoms with E-state index in [-0.39, 0.29) is 5.91 Å². The van der Waals surface area contributed by atoms with Gasteiger partial charge < -0.3 is 5.32 Å². The van der Waals surface area contributed by atoms with Crippen LogP contribution in [0.25, 0.3) is 0 Å². The lowest BCUT2D eigenvalue weighted by Gasteiger charge is -2.26. The molecule has 0 spiro atoms. The molecule has 0 heterocycles. The molecule has 0 saturated heterocycles. The van der Waals surface area contributed by atoms with E-state index in [0.717, 1.165) is 34.8 Å². The SMILES string of the molecule is CC1CCC(CCNC(=O)c2ccccc2Br)CC1. The lowest BCUT2D eigenvalue weighted by Crippen LogP contribution is -2.27. The van der Waals surface area contributed by atoms with Crippen LogP contribution in [0.15, 0.2) is 28.7 Å². The fourth-order valence-electron chi connectivity index (χ4n) is 2.75. The predicted octanol–water partition coefficient (Wildman–Crippen LogP) is 4.40.